The van der Waals surface area contributed by atoms with E-state index in [0.717, 1.165) is 25.3 Å². The molecule has 0 saturated heterocycles. The van der Waals surface area contributed by atoms with Crippen LogP contribution >= 0.6 is 0 Å². The lowest BCUT2D eigenvalue weighted by molar-refractivity contribution is -0.136. The Balaban J connectivity index is 2.00. The van der Waals surface area contributed by atoms with Gasteiger partial charge < -0.3 is 14.8 Å². The summed E-state index contributed by atoms with van der Waals surface area (Å²) in [6.45, 7) is 5.45. The average molecular weight is 356 g/mol. The monoisotopic (exact) mass is 356 g/mol. The summed E-state index contributed by atoms with van der Waals surface area (Å²) >= 11 is 0. The highest BCUT2D eigenvalue weighted by molar-refractivity contribution is 5.78. The fourth-order valence-corrected chi connectivity index (χ4v) is 3.33. The summed E-state index contributed by atoms with van der Waals surface area (Å²) in [6, 6.07) is 2.33. The maximum atomic E-state index is 13.5. The van der Waals surface area contributed by atoms with Gasteiger partial charge in [-0.1, -0.05) is 13.8 Å². The number of fused-ring (bicyclic) bond motifs is 1. The summed E-state index contributed by atoms with van der Waals surface area (Å²) in [6.07, 6.45) is -2.51. The highest BCUT2D eigenvalue weighted by Crippen LogP contribution is 2.38. The van der Waals surface area contributed by atoms with Crippen molar-refractivity contribution in [3.8, 4) is 0 Å². The van der Waals surface area contributed by atoms with Crippen LogP contribution in [0.2, 0.25) is 0 Å². The quantitative estimate of drug-likeness (QED) is 0.845. The van der Waals surface area contributed by atoms with Crippen molar-refractivity contribution in [3.05, 3.63) is 29.2 Å². The molecule has 1 aliphatic rings. The second kappa shape index (κ2) is 6.61. The van der Waals surface area contributed by atoms with E-state index in [1.165, 1.54) is 0 Å². The second-order valence-electron chi connectivity index (χ2n) is 7.11. The number of nitrogens with zero attached hydrogens (tertiary/aromatic N) is 1. The van der Waals surface area contributed by atoms with Crippen LogP contribution in [0.25, 0.3) is 11.1 Å². The number of aliphatic hydroxyl groups excluding tert-OH is 1. The molecule has 3 atom stereocenters. The molecular weight excluding hydrogens is 333 g/mol. The maximum absolute atomic E-state index is 13.5. The predicted octanol–water partition coefficient (Wildman–Crippen LogP) is 4.53. The van der Waals surface area contributed by atoms with Gasteiger partial charge in [-0.3, -0.25) is 0 Å². The second-order valence-corrected chi connectivity index (χ2v) is 7.11. The van der Waals surface area contributed by atoms with Crippen molar-refractivity contribution in [2.75, 3.05) is 0 Å². The summed E-state index contributed by atoms with van der Waals surface area (Å²) in [5.74, 6) is 0.200. The number of hydrogen-bond acceptors (Lipinski definition) is 4. The van der Waals surface area contributed by atoms with Gasteiger partial charge in [0.1, 0.15) is 11.1 Å². The number of nitrogens with one attached hydrogen (secondary N) is 1. The van der Waals surface area contributed by atoms with Crippen LogP contribution in [0.3, 0.4) is 0 Å². The number of benzene rings is 1. The fourth-order valence-electron chi connectivity index (χ4n) is 3.33. The van der Waals surface area contributed by atoms with Gasteiger partial charge in [-0.15, -0.1) is 0 Å². The van der Waals surface area contributed by atoms with Crippen molar-refractivity contribution < 1.29 is 22.7 Å². The molecule has 1 fully saturated rings. The molecule has 4 nitrogen and oxygen atoms in total. The number of aromatic nitrogens is 1. The van der Waals surface area contributed by atoms with Crippen LogP contribution in [0.5, 0.6) is 0 Å². The van der Waals surface area contributed by atoms with E-state index in [2.05, 4.69) is 10.3 Å². The Hall–Kier alpha value is -1.60. The van der Waals surface area contributed by atoms with E-state index in [4.69, 9.17) is 4.42 Å². The van der Waals surface area contributed by atoms with Crippen LogP contribution in [-0.2, 0) is 6.18 Å². The van der Waals surface area contributed by atoms with Crippen LogP contribution in [-0.4, -0.2) is 22.2 Å². The zero-order valence-corrected chi connectivity index (χ0v) is 14.5. The van der Waals surface area contributed by atoms with Gasteiger partial charge in [-0.25, -0.2) is 4.98 Å². The zero-order valence-electron chi connectivity index (χ0n) is 14.5. The number of aliphatic hydroxyl groups is 1. The molecule has 138 valence electrons. The van der Waals surface area contributed by atoms with E-state index >= 15 is 0 Å². The Labute approximate surface area is 144 Å². The minimum absolute atomic E-state index is 0.0939. The largest absolute Gasteiger partial charge is 0.440 e. The maximum Gasteiger partial charge on any atom is 0.420 e. The number of halogens is 3. The zero-order chi connectivity index (χ0) is 18.4. The molecule has 0 radical (unpaired) electrons. The number of hydrogen-bond donors (Lipinski definition) is 2. The van der Waals surface area contributed by atoms with Crippen molar-refractivity contribution in [3.63, 3.8) is 0 Å². The molecule has 25 heavy (non-hydrogen) atoms. The van der Waals surface area contributed by atoms with E-state index in [9.17, 15) is 18.3 Å². The van der Waals surface area contributed by atoms with Crippen molar-refractivity contribution in [1.82, 2.24) is 10.3 Å². The number of oxazole rings is 1. The van der Waals surface area contributed by atoms with E-state index in [1.54, 1.807) is 13.0 Å². The summed E-state index contributed by atoms with van der Waals surface area (Å²) in [5.41, 5.74) is -0.315. The average Bonchev–Trinajstić information content (AvgIpc) is 3.11. The lowest BCUT2D eigenvalue weighted by Gasteiger charge is -2.23. The van der Waals surface area contributed by atoms with Gasteiger partial charge in [0.05, 0.1) is 6.10 Å². The first kappa shape index (κ1) is 18.2. The van der Waals surface area contributed by atoms with Crippen LogP contribution in [0.15, 0.2) is 16.5 Å². The normalized spacial score (nSPS) is 22.9. The molecule has 0 spiro atoms. The first-order valence-corrected chi connectivity index (χ1v) is 8.62. The van der Waals surface area contributed by atoms with Gasteiger partial charge in [0.25, 0.3) is 0 Å². The third kappa shape index (κ3) is 3.67. The third-order valence-corrected chi connectivity index (χ3v) is 4.77. The Bertz CT molecular complexity index is 755. The summed E-state index contributed by atoms with van der Waals surface area (Å²) in [4.78, 5) is 4.23. The van der Waals surface area contributed by atoms with Crippen LogP contribution in [0, 0.1) is 0 Å². The van der Waals surface area contributed by atoms with Crippen molar-refractivity contribution in [1.29, 1.82) is 0 Å². The van der Waals surface area contributed by atoms with Crippen molar-refractivity contribution in [2.24, 2.45) is 0 Å². The molecule has 7 heteroatoms. The highest BCUT2D eigenvalue weighted by atomic mass is 19.4. The van der Waals surface area contributed by atoms with Gasteiger partial charge in [0.15, 0.2) is 11.5 Å². The van der Waals surface area contributed by atoms with Crippen molar-refractivity contribution >= 4 is 11.1 Å². The molecule has 1 heterocycles. The van der Waals surface area contributed by atoms with E-state index in [0.29, 0.717) is 11.5 Å². The molecule has 2 aromatic rings. The molecule has 0 aliphatic heterocycles. The van der Waals surface area contributed by atoms with Gasteiger partial charge in [0.2, 0.25) is 0 Å². The molecule has 1 aromatic carbocycles. The van der Waals surface area contributed by atoms with E-state index in [1.807, 2.05) is 13.8 Å². The highest BCUT2D eigenvalue weighted by Gasteiger charge is 2.36. The fraction of sp³-hybridized carbons (Fsp3) is 0.611. The molecule has 1 unspecified atom stereocenters. The lowest BCUT2D eigenvalue weighted by atomic mass is 10.0. The van der Waals surface area contributed by atoms with Crippen LogP contribution in [0.4, 0.5) is 13.2 Å². The van der Waals surface area contributed by atoms with Crippen LogP contribution in [0.1, 0.15) is 69.0 Å². The molecule has 1 saturated carbocycles. The standard InChI is InChI=1S/C18H23F3N2O2/c1-9(2)17-23-14-8-11(7-12(16(14)25-17)18(19,20)21)10(3)22-13-5-4-6-15(13)24/h7-10,13,15,22,24H,4-6H2,1-3H3/t10?,13-,15-/m1/s1. The summed E-state index contributed by atoms with van der Waals surface area (Å²) < 4.78 is 45.9. The predicted molar refractivity (Wildman–Crippen MR) is 88.3 cm³/mol. The Morgan fingerprint density at radius 3 is 2.52 bits per heavy atom. The first-order chi connectivity index (χ1) is 11.7. The summed E-state index contributed by atoms with van der Waals surface area (Å²) in [5, 5.41) is 13.2. The molecule has 3 rings (SSSR count). The Kier molecular flexibility index (Phi) is 4.81. The third-order valence-electron chi connectivity index (χ3n) is 4.77. The molecular formula is C18H23F3N2O2. The smallest absolute Gasteiger partial charge is 0.420 e. The minimum Gasteiger partial charge on any atom is -0.440 e. The first-order valence-electron chi connectivity index (χ1n) is 8.62. The van der Waals surface area contributed by atoms with Crippen LogP contribution < -0.4 is 5.32 Å². The summed E-state index contributed by atoms with van der Waals surface area (Å²) in [7, 11) is 0. The van der Waals surface area contributed by atoms with E-state index in [-0.39, 0.29) is 29.1 Å². The Morgan fingerprint density at radius 1 is 1.24 bits per heavy atom. The molecule has 0 amide bonds. The van der Waals surface area contributed by atoms with Gasteiger partial charge in [-0.05, 0) is 43.9 Å². The topological polar surface area (TPSA) is 58.3 Å². The SMILES string of the molecule is CC(C)c1nc2cc(C(C)N[C@@H]3CCC[C@H]3O)cc(C(F)(F)F)c2o1. The lowest BCUT2D eigenvalue weighted by Crippen LogP contribution is -2.37. The molecule has 0 bridgehead atoms. The minimum atomic E-state index is -4.52. The number of alkyl halides is 3. The van der Waals surface area contributed by atoms with Gasteiger partial charge in [-0.2, -0.15) is 13.2 Å². The van der Waals surface area contributed by atoms with E-state index < -0.39 is 17.8 Å². The van der Waals surface area contributed by atoms with Gasteiger partial charge in [0, 0.05) is 18.0 Å². The molecule has 1 aliphatic carbocycles. The molecule has 2 N–H and O–H groups in total. The van der Waals surface area contributed by atoms with Gasteiger partial charge >= 0.3 is 6.18 Å². The molecule has 1 aromatic heterocycles. The Morgan fingerprint density at radius 2 is 1.96 bits per heavy atom. The number of rotatable bonds is 4. The van der Waals surface area contributed by atoms with Crippen molar-refractivity contribution in [2.45, 2.75) is 70.3 Å².